The highest BCUT2D eigenvalue weighted by molar-refractivity contribution is 7.99. The standard InChI is InChI=1S/C28H42N2S2/c1-23(2)11-8-12-24(3)13-9-14-25(4)15-10-16-26(5)18-20-32-22-27(21-31)30-28-17-6-7-19-29-28/h6-7,11,13,15,17-19,21,27H,8-10,12,14,16,20,22H2,1-5H3,(H,29,30)/b24-13+,25-15+,26-18+. The third kappa shape index (κ3) is 15.2. The molecule has 0 aliphatic heterocycles. The summed E-state index contributed by atoms with van der Waals surface area (Å²) in [5.41, 5.74) is 5.90. The number of aromatic nitrogens is 1. The third-order valence-corrected chi connectivity index (χ3v) is 6.49. The molecule has 0 saturated carbocycles. The first kappa shape index (κ1) is 28.4. The van der Waals surface area contributed by atoms with Gasteiger partial charge in [0.2, 0.25) is 0 Å². The van der Waals surface area contributed by atoms with E-state index in [1.165, 1.54) is 35.1 Å². The topological polar surface area (TPSA) is 24.9 Å². The van der Waals surface area contributed by atoms with Gasteiger partial charge in [0.1, 0.15) is 5.82 Å². The molecule has 1 unspecified atom stereocenters. The molecule has 0 aromatic carbocycles. The molecule has 0 aliphatic carbocycles. The lowest BCUT2D eigenvalue weighted by atomic mass is 10.0. The van der Waals surface area contributed by atoms with Gasteiger partial charge in [-0.2, -0.15) is 11.8 Å². The molecule has 0 bridgehead atoms. The largest absolute Gasteiger partial charge is 0.362 e. The van der Waals surface area contributed by atoms with Crippen LogP contribution in [0.15, 0.2) is 71.0 Å². The number of rotatable bonds is 16. The van der Waals surface area contributed by atoms with Crippen molar-refractivity contribution in [3.8, 4) is 0 Å². The number of anilines is 1. The lowest BCUT2D eigenvalue weighted by molar-refractivity contribution is 0.899. The van der Waals surface area contributed by atoms with Crippen molar-refractivity contribution >= 4 is 35.2 Å². The number of hydrogen-bond donors (Lipinski definition) is 1. The maximum atomic E-state index is 5.17. The van der Waals surface area contributed by atoms with Crippen LogP contribution < -0.4 is 5.32 Å². The minimum absolute atomic E-state index is 0.161. The summed E-state index contributed by atoms with van der Waals surface area (Å²) in [4.78, 5) is 4.31. The first-order chi connectivity index (χ1) is 15.4. The number of nitrogens with one attached hydrogen (secondary N) is 1. The predicted molar refractivity (Wildman–Crippen MR) is 151 cm³/mol. The molecule has 1 aromatic rings. The van der Waals surface area contributed by atoms with Crippen molar-refractivity contribution in [2.75, 3.05) is 16.8 Å². The molecule has 0 amide bonds. The molecule has 0 spiro atoms. The number of thioether (sulfide) groups is 1. The summed E-state index contributed by atoms with van der Waals surface area (Å²) < 4.78 is 0. The van der Waals surface area contributed by atoms with Crippen LogP contribution in [0.4, 0.5) is 5.82 Å². The van der Waals surface area contributed by atoms with E-state index >= 15 is 0 Å². The van der Waals surface area contributed by atoms with Crippen LogP contribution in [-0.2, 0) is 0 Å². The van der Waals surface area contributed by atoms with Gasteiger partial charge < -0.3 is 5.32 Å². The summed E-state index contributed by atoms with van der Waals surface area (Å²) in [7, 11) is 0. The second-order valence-electron chi connectivity index (χ2n) is 8.69. The van der Waals surface area contributed by atoms with E-state index < -0.39 is 0 Å². The predicted octanol–water partition coefficient (Wildman–Crippen LogP) is 8.74. The number of thiocarbonyl (C=S) groups is 1. The van der Waals surface area contributed by atoms with Crippen LogP contribution in [0, 0.1) is 0 Å². The van der Waals surface area contributed by atoms with Gasteiger partial charge in [0, 0.05) is 23.1 Å². The molecular formula is C28H42N2S2. The molecule has 4 heteroatoms. The van der Waals surface area contributed by atoms with E-state index in [-0.39, 0.29) is 6.04 Å². The van der Waals surface area contributed by atoms with Crippen molar-refractivity contribution in [3.63, 3.8) is 0 Å². The number of allylic oxidation sites excluding steroid dienone is 7. The Labute approximate surface area is 206 Å². The Morgan fingerprint density at radius 2 is 1.50 bits per heavy atom. The fourth-order valence-electron chi connectivity index (χ4n) is 3.14. The average molecular weight is 471 g/mol. The summed E-state index contributed by atoms with van der Waals surface area (Å²) in [6.45, 7) is 11.1. The van der Waals surface area contributed by atoms with Crippen LogP contribution in [0.5, 0.6) is 0 Å². The van der Waals surface area contributed by atoms with Gasteiger partial charge in [-0.25, -0.2) is 4.98 Å². The quantitative estimate of drug-likeness (QED) is 0.148. The zero-order valence-electron chi connectivity index (χ0n) is 20.7. The molecule has 1 N–H and O–H groups in total. The van der Waals surface area contributed by atoms with Crippen molar-refractivity contribution < 1.29 is 0 Å². The minimum Gasteiger partial charge on any atom is -0.362 e. The fraction of sp³-hybridized carbons (Fsp3) is 0.500. The van der Waals surface area contributed by atoms with Crippen molar-refractivity contribution in [3.05, 3.63) is 71.0 Å². The smallest absolute Gasteiger partial charge is 0.126 e. The monoisotopic (exact) mass is 470 g/mol. The van der Waals surface area contributed by atoms with Gasteiger partial charge in [-0.3, -0.25) is 0 Å². The lowest BCUT2D eigenvalue weighted by Gasteiger charge is -2.13. The van der Waals surface area contributed by atoms with Gasteiger partial charge in [0.15, 0.2) is 0 Å². The molecule has 32 heavy (non-hydrogen) atoms. The molecule has 2 nitrogen and oxygen atoms in total. The molecule has 176 valence electrons. The van der Waals surface area contributed by atoms with E-state index in [1.54, 1.807) is 11.6 Å². The second-order valence-corrected chi connectivity index (χ2v) is 10.0. The number of nitrogens with zero attached hydrogens (tertiary/aromatic N) is 1. The number of pyridine rings is 1. The Hall–Kier alpha value is -1.65. The summed E-state index contributed by atoms with van der Waals surface area (Å²) in [5.74, 6) is 2.85. The highest BCUT2D eigenvalue weighted by atomic mass is 32.2. The first-order valence-corrected chi connectivity index (χ1v) is 13.3. The Kier molecular flexibility index (Phi) is 15.8. The van der Waals surface area contributed by atoms with E-state index in [4.69, 9.17) is 12.2 Å². The van der Waals surface area contributed by atoms with Gasteiger partial charge in [0.05, 0.1) is 6.04 Å². The van der Waals surface area contributed by atoms with Crippen molar-refractivity contribution in [2.24, 2.45) is 0 Å². The number of hydrogen-bond acceptors (Lipinski definition) is 4. The van der Waals surface area contributed by atoms with Crippen molar-refractivity contribution in [1.82, 2.24) is 4.98 Å². The van der Waals surface area contributed by atoms with E-state index in [0.29, 0.717) is 0 Å². The van der Waals surface area contributed by atoms with E-state index in [2.05, 4.69) is 69.2 Å². The van der Waals surface area contributed by atoms with E-state index in [0.717, 1.165) is 43.0 Å². The van der Waals surface area contributed by atoms with E-state index in [1.807, 2.05) is 30.0 Å². The zero-order valence-corrected chi connectivity index (χ0v) is 22.3. The molecule has 1 heterocycles. The highest BCUT2D eigenvalue weighted by Gasteiger charge is 2.05. The molecule has 1 atom stereocenters. The van der Waals surface area contributed by atoms with Gasteiger partial charge in [-0.05, 0) is 85.3 Å². The van der Waals surface area contributed by atoms with Crippen molar-refractivity contribution in [1.29, 1.82) is 0 Å². The van der Waals surface area contributed by atoms with E-state index in [9.17, 15) is 0 Å². The fourth-order valence-corrected chi connectivity index (χ4v) is 4.39. The van der Waals surface area contributed by atoms with Gasteiger partial charge in [0.25, 0.3) is 0 Å². The van der Waals surface area contributed by atoms with Gasteiger partial charge >= 0.3 is 0 Å². The Bertz CT molecular complexity index is 772. The van der Waals surface area contributed by atoms with Crippen LogP contribution in [-0.4, -0.2) is 27.9 Å². The lowest BCUT2D eigenvalue weighted by Crippen LogP contribution is -2.23. The van der Waals surface area contributed by atoms with Crippen LogP contribution in [0.1, 0.15) is 73.1 Å². The van der Waals surface area contributed by atoms with Gasteiger partial charge in [-0.1, -0.05) is 64.9 Å². The maximum absolute atomic E-state index is 5.17. The molecule has 1 rings (SSSR count). The minimum atomic E-state index is 0.161. The molecule has 0 fully saturated rings. The molecular weight excluding hydrogens is 428 g/mol. The normalized spacial score (nSPS) is 13.6. The highest BCUT2D eigenvalue weighted by Crippen LogP contribution is 2.15. The van der Waals surface area contributed by atoms with Gasteiger partial charge in [-0.15, -0.1) is 0 Å². The summed E-state index contributed by atoms with van der Waals surface area (Å²) in [6, 6.07) is 6.03. The van der Waals surface area contributed by atoms with Crippen LogP contribution in [0.25, 0.3) is 0 Å². The Morgan fingerprint density at radius 3 is 2.03 bits per heavy atom. The molecule has 0 radical (unpaired) electrons. The first-order valence-electron chi connectivity index (χ1n) is 11.7. The SMILES string of the molecule is CC(C)=CCC/C(C)=C/CC/C(C)=C/CC/C(C)=C/CSCC(C=S)Nc1ccccn1. The summed E-state index contributed by atoms with van der Waals surface area (Å²) in [6.07, 6.45) is 18.2. The average Bonchev–Trinajstić information content (AvgIpc) is 2.76. The molecule has 0 saturated heterocycles. The molecule has 0 aliphatic rings. The van der Waals surface area contributed by atoms with Crippen molar-refractivity contribution in [2.45, 2.75) is 79.2 Å². The van der Waals surface area contributed by atoms with Crippen LogP contribution >= 0.6 is 24.0 Å². The van der Waals surface area contributed by atoms with Crippen LogP contribution in [0.2, 0.25) is 0 Å². The van der Waals surface area contributed by atoms with Crippen LogP contribution in [0.3, 0.4) is 0 Å². The summed E-state index contributed by atoms with van der Waals surface area (Å²) in [5, 5.41) is 5.17. The summed E-state index contributed by atoms with van der Waals surface area (Å²) >= 11 is 7.08. The molecule has 1 aromatic heterocycles. The third-order valence-electron chi connectivity index (χ3n) is 5.16. The Morgan fingerprint density at radius 1 is 0.906 bits per heavy atom. The second kappa shape index (κ2) is 17.9. The zero-order chi connectivity index (χ0) is 23.6. The maximum Gasteiger partial charge on any atom is 0.126 e. The Balaban J connectivity index is 2.22.